The van der Waals surface area contributed by atoms with E-state index in [4.69, 9.17) is 11.6 Å². The van der Waals surface area contributed by atoms with E-state index in [9.17, 15) is 4.79 Å². The van der Waals surface area contributed by atoms with Gasteiger partial charge in [-0.3, -0.25) is 4.79 Å². The number of likely N-dealkylation sites (tertiary alicyclic amines) is 1. The molecule has 1 fully saturated rings. The van der Waals surface area contributed by atoms with Crippen molar-refractivity contribution in [3.05, 3.63) is 70.7 Å². The summed E-state index contributed by atoms with van der Waals surface area (Å²) in [6, 6.07) is 18.0. The zero-order valence-electron chi connectivity index (χ0n) is 11.8. The molecule has 21 heavy (non-hydrogen) atoms. The first-order valence-corrected chi connectivity index (χ1v) is 7.67. The average Bonchev–Trinajstić information content (AvgIpc) is 2.82. The first-order chi connectivity index (χ1) is 10.2. The molecule has 1 amide bonds. The van der Waals surface area contributed by atoms with Gasteiger partial charge in [-0.25, -0.2) is 0 Å². The van der Waals surface area contributed by atoms with Crippen molar-refractivity contribution in [3.63, 3.8) is 0 Å². The van der Waals surface area contributed by atoms with E-state index in [1.165, 1.54) is 5.56 Å². The summed E-state index contributed by atoms with van der Waals surface area (Å²) in [5.74, 6) is 0.353. The molecule has 0 radical (unpaired) electrons. The van der Waals surface area contributed by atoms with E-state index in [1.807, 2.05) is 47.4 Å². The third-order valence-corrected chi connectivity index (χ3v) is 4.23. The van der Waals surface area contributed by atoms with Crippen LogP contribution in [-0.4, -0.2) is 17.4 Å². The van der Waals surface area contributed by atoms with Crippen LogP contribution >= 0.6 is 11.6 Å². The number of hydrogen-bond acceptors (Lipinski definition) is 1. The molecule has 2 aromatic rings. The molecule has 0 bridgehead atoms. The fraction of sp³-hybridized carbons (Fsp3) is 0.278. The highest BCUT2D eigenvalue weighted by molar-refractivity contribution is 6.30. The molecule has 0 aromatic heterocycles. The zero-order chi connectivity index (χ0) is 14.7. The van der Waals surface area contributed by atoms with Gasteiger partial charge in [0.15, 0.2) is 0 Å². The van der Waals surface area contributed by atoms with E-state index in [0.29, 0.717) is 6.54 Å². The number of carbonyl (C=O) groups excluding carboxylic acids is 1. The van der Waals surface area contributed by atoms with Crippen molar-refractivity contribution < 1.29 is 4.79 Å². The van der Waals surface area contributed by atoms with Crippen LogP contribution in [0.25, 0.3) is 0 Å². The molecule has 108 valence electrons. The Bertz CT molecular complexity index is 626. The normalized spacial score (nSPS) is 18.2. The van der Waals surface area contributed by atoms with E-state index in [0.717, 1.165) is 30.0 Å². The standard InChI is InChI=1S/C18H18ClNO/c19-17-8-4-7-15(12-17)11-16-9-10-20(18(16)21)13-14-5-2-1-3-6-14/h1-8,12,16H,9-11,13H2. The third-order valence-electron chi connectivity index (χ3n) is 4.00. The first kappa shape index (κ1) is 14.2. The zero-order valence-corrected chi connectivity index (χ0v) is 12.6. The number of benzene rings is 2. The quantitative estimate of drug-likeness (QED) is 0.837. The molecule has 1 aliphatic rings. The second kappa shape index (κ2) is 6.31. The first-order valence-electron chi connectivity index (χ1n) is 7.29. The summed E-state index contributed by atoms with van der Waals surface area (Å²) in [6.07, 6.45) is 1.71. The highest BCUT2D eigenvalue weighted by atomic mass is 35.5. The molecule has 0 saturated carbocycles. The van der Waals surface area contributed by atoms with Crippen LogP contribution in [0, 0.1) is 5.92 Å². The van der Waals surface area contributed by atoms with Gasteiger partial charge >= 0.3 is 0 Å². The predicted molar refractivity (Wildman–Crippen MR) is 85.1 cm³/mol. The molecule has 0 N–H and O–H groups in total. The van der Waals surface area contributed by atoms with Gasteiger partial charge < -0.3 is 4.90 Å². The van der Waals surface area contributed by atoms with E-state index in [-0.39, 0.29) is 11.8 Å². The monoisotopic (exact) mass is 299 g/mol. The second-order valence-corrected chi connectivity index (χ2v) is 6.00. The smallest absolute Gasteiger partial charge is 0.226 e. The molecule has 0 spiro atoms. The highest BCUT2D eigenvalue weighted by Gasteiger charge is 2.31. The Balaban J connectivity index is 1.64. The Labute approximate surface area is 130 Å². The van der Waals surface area contributed by atoms with Crippen LogP contribution in [0.1, 0.15) is 17.5 Å². The van der Waals surface area contributed by atoms with Crippen molar-refractivity contribution in [2.75, 3.05) is 6.54 Å². The number of carbonyl (C=O) groups is 1. The molecule has 1 unspecified atom stereocenters. The van der Waals surface area contributed by atoms with Gasteiger partial charge in [-0.2, -0.15) is 0 Å². The van der Waals surface area contributed by atoms with Crippen LogP contribution in [0.4, 0.5) is 0 Å². The van der Waals surface area contributed by atoms with Crippen molar-refractivity contribution in [3.8, 4) is 0 Å². The summed E-state index contributed by atoms with van der Waals surface area (Å²) < 4.78 is 0. The summed E-state index contributed by atoms with van der Waals surface area (Å²) in [5, 5.41) is 0.735. The van der Waals surface area contributed by atoms with Gasteiger partial charge in [0.05, 0.1) is 0 Å². The van der Waals surface area contributed by atoms with Gasteiger partial charge in [0.1, 0.15) is 0 Å². The Morgan fingerprint density at radius 1 is 1.05 bits per heavy atom. The van der Waals surface area contributed by atoms with Crippen LogP contribution in [0.2, 0.25) is 5.02 Å². The minimum atomic E-state index is 0.0900. The minimum Gasteiger partial charge on any atom is -0.338 e. The van der Waals surface area contributed by atoms with Crippen LogP contribution < -0.4 is 0 Å². The van der Waals surface area contributed by atoms with E-state index in [1.54, 1.807) is 0 Å². The Hall–Kier alpha value is -1.80. The molecule has 3 rings (SSSR count). The molecular weight excluding hydrogens is 282 g/mol. The highest BCUT2D eigenvalue weighted by Crippen LogP contribution is 2.25. The second-order valence-electron chi connectivity index (χ2n) is 5.57. The van der Waals surface area contributed by atoms with Gasteiger partial charge in [-0.1, -0.05) is 54.1 Å². The summed E-state index contributed by atoms with van der Waals surface area (Å²) in [6.45, 7) is 1.56. The lowest BCUT2D eigenvalue weighted by Crippen LogP contribution is -2.27. The lowest BCUT2D eigenvalue weighted by Gasteiger charge is -2.17. The van der Waals surface area contributed by atoms with Gasteiger partial charge in [0.2, 0.25) is 5.91 Å². The number of hydrogen-bond donors (Lipinski definition) is 0. The van der Waals surface area contributed by atoms with Crippen LogP contribution in [0.3, 0.4) is 0 Å². The average molecular weight is 300 g/mol. The van der Waals surface area contributed by atoms with Crippen molar-refractivity contribution >= 4 is 17.5 Å². The van der Waals surface area contributed by atoms with Gasteiger partial charge in [-0.15, -0.1) is 0 Å². The third kappa shape index (κ3) is 3.45. The van der Waals surface area contributed by atoms with Crippen molar-refractivity contribution in [1.29, 1.82) is 0 Å². The predicted octanol–water partition coefficient (Wildman–Crippen LogP) is 3.93. The number of amides is 1. The van der Waals surface area contributed by atoms with Gasteiger partial charge in [0, 0.05) is 24.0 Å². The topological polar surface area (TPSA) is 20.3 Å². The van der Waals surface area contributed by atoms with Crippen LogP contribution in [0.5, 0.6) is 0 Å². The SMILES string of the molecule is O=C1C(Cc2cccc(Cl)c2)CCN1Cc1ccccc1. The number of rotatable bonds is 4. The molecule has 1 aliphatic heterocycles. The molecule has 3 heteroatoms. The lowest BCUT2D eigenvalue weighted by atomic mass is 9.98. The molecule has 1 atom stereocenters. The van der Waals surface area contributed by atoms with Gasteiger partial charge in [-0.05, 0) is 36.1 Å². The maximum atomic E-state index is 12.5. The molecule has 1 heterocycles. The van der Waals surface area contributed by atoms with Crippen LogP contribution in [0.15, 0.2) is 54.6 Å². The molecule has 2 aromatic carbocycles. The molecule has 1 saturated heterocycles. The number of halogens is 1. The molecule has 2 nitrogen and oxygen atoms in total. The Morgan fingerprint density at radius 2 is 1.81 bits per heavy atom. The van der Waals surface area contributed by atoms with E-state index in [2.05, 4.69) is 12.1 Å². The Kier molecular flexibility index (Phi) is 4.26. The number of nitrogens with zero attached hydrogens (tertiary/aromatic N) is 1. The maximum Gasteiger partial charge on any atom is 0.226 e. The molecule has 0 aliphatic carbocycles. The van der Waals surface area contributed by atoms with E-state index >= 15 is 0 Å². The summed E-state index contributed by atoms with van der Waals surface area (Å²) in [7, 11) is 0. The van der Waals surface area contributed by atoms with Crippen molar-refractivity contribution in [1.82, 2.24) is 4.90 Å². The summed E-state index contributed by atoms with van der Waals surface area (Å²) in [4.78, 5) is 14.5. The van der Waals surface area contributed by atoms with Gasteiger partial charge in [0.25, 0.3) is 0 Å². The van der Waals surface area contributed by atoms with Crippen molar-refractivity contribution in [2.45, 2.75) is 19.4 Å². The maximum absolute atomic E-state index is 12.5. The minimum absolute atomic E-state index is 0.0900. The summed E-state index contributed by atoms with van der Waals surface area (Å²) >= 11 is 6.01. The Morgan fingerprint density at radius 3 is 2.57 bits per heavy atom. The summed E-state index contributed by atoms with van der Waals surface area (Å²) in [5.41, 5.74) is 2.33. The van der Waals surface area contributed by atoms with Crippen LogP contribution in [-0.2, 0) is 17.8 Å². The molecular formula is C18H18ClNO. The largest absolute Gasteiger partial charge is 0.338 e. The fourth-order valence-corrected chi connectivity index (χ4v) is 3.12. The lowest BCUT2D eigenvalue weighted by molar-refractivity contribution is -0.131. The van der Waals surface area contributed by atoms with Crippen molar-refractivity contribution in [2.24, 2.45) is 5.92 Å². The van der Waals surface area contributed by atoms with E-state index < -0.39 is 0 Å². The fourth-order valence-electron chi connectivity index (χ4n) is 2.90.